The van der Waals surface area contributed by atoms with Crippen LogP contribution in [0.2, 0.25) is 0 Å². The number of aliphatic carboxylic acids is 3. The minimum absolute atomic E-state index is 0.975. The minimum atomic E-state index is -2.74. The van der Waals surface area contributed by atoms with Gasteiger partial charge in [-0.3, -0.25) is 14.5 Å². The molecule has 200 valence electrons. The van der Waals surface area contributed by atoms with E-state index in [4.69, 9.17) is 25.2 Å². The zero-order valence-corrected chi connectivity index (χ0v) is 22.2. The van der Waals surface area contributed by atoms with Gasteiger partial charge in [-0.05, 0) is 62.1 Å². The van der Waals surface area contributed by atoms with Gasteiger partial charge in [0.1, 0.15) is 5.75 Å². The number of carbonyl (C=O) groups is 3. The molecule has 0 amide bonds. The van der Waals surface area contributed by atoms with Crippen molar-refractivity contribution in [1.29, 1.82) is 0 Å². The van der Waals surface area contributed by atoms with Gasteiger partial charge in [0, 0.05) is 31.1 Å². The second-order valence-corrected chi connectivity index (χ2v) is 9.78. The molecule has 2 aromatic rings. The lowest BCUT2D eigenvalue weighted by Crippen LogP contribution is -2.42. The highest BCUT2D eigenvalue weighted by atomic mass is 32.1. The Kier molecular flexibility index (Phi) is 12.5. The molecule has 1 heterocycles. The van der Waals surface area contributed by atoms with Crippen molar-refractivity contribution in [2.24, 2.45) is 0 Å². The number of ether oxygens (including phenoxy) is 1. The van der Waals surface area contributed by atoms with Crippen LogP contribution in [0.15, 0.2) is 29.6 Å². The molecule has 0 saturated heterocycles. The van der Waals surface area contributed by atoms with E-state index in [1.165, 1.54) is 21.6 Å². The normalized spacial score (nSPS) is 11.2. The molecule has 0 aliphatic rings. The Balaban J connectivity index is 0.000000426. The minimum Gasteiger partial charge on any atom is -0.496 e. The van der Waals surface area contributed by atoms with E-state index < -0.39 is 36.4 Å². The Morgan fingerprint density at radius 3 is 2.00 bits per heavy atom. The number of likely N-dealkylation sites (N-methyl/N-ethyl adjacent to an activating group) is 1. The quantitative estimate of drug-likeness (QED) is 0.308. The fraction of sp³-hybridized carbons (Fsp3) is 0.480. The molecule has 1 aromatic heterocycles. The predicted octanol–water partition coefficient (Wildman–Crippen LogP) is 2.69. The first-order valence-electron chi connectivity index (χ1n) is 11.2. The molecule has 0 spiro atoms. The van der Waals surface area contributed by atoms with E-state index in [1.54, 1.807) is 7.11 Å². The molecule has 0 aliphatic carbocycles. The van der Waals surface area contributed by atoms with Gasteiger partial charge in [0.2, 0.25) is 0 Å². The lowest BCUT2D eigenvalue weighted by Gasteiger charge is -2.25. The standard InChI is InChI=1S/C19H28N2OS.C6H8O7/c1-15-16(2)19(22-5)9-8-17(15)13-21(11-10-20(3)4)14-18-7-6-12-23-18;7-3(8)1-6(13,5(11)12)2-4(9)10/h6-9,12H,10-11,13-14H2,1-5H3;13H,1-2H2,(H,7,8)(H,9,10)(H,11,12). The van der Waals surface area contributed by atoms with Gasteiger partial charge in [0.05, 0.1) is 20.0 Å². The van der Waals surface area contributed by atoms with Crippen LogP contribution in [0, 0.1) is 13.8 Å². The molecule has 1 aromatic carbocycles. The van der Waals surface area contributed by atoms with Crippen LogP contribution < -0.4 is 4.74 Å². The summed E-state index contributed by atoms with van der Waals surface area (Å²) in [6, 6.07) is 8.65. The molecule has 0 unspecified atom stereocenters. The third-order valence-corrected chi connectivity index (χ3v) is 6.43. The summed E-state index contributed by atoms with van der Waals surface area (Å²) in [5.74, 6) is -4.04. The second-order valence-electron chi connectivity index (χ2n) is 8.75. The van der Waals surface area contributed by atoms with Crippen molar-refractivity contribution in [1.82, 2.24) is 9.80 Å². The van der Waals surface area contributed by atoms with Gasteiger partial charge in [0.25, 0.3) is 0 Å². The van der Waals surface area contributed by atoms with Crippen molar-refractivity contribution < 1.29 is 39.5 Å². The van der Waals surface area contributed by atoms with Crippen LogP contribution in [0.25, 0.3) is 0 Å². The first-order valence-corrected chi connectivity index (χ1v) is 12.1. The smallest absolute Gasteiger partial charge is 0.336 e. The van der Waals surface area contributed by atoms with E-state index in [0.29, 0.717) is 0 Å². The highest BCUT2D eigenvalue weighted by Gasteiger charge is 2.40. The Morgan fingerprint density at radius 1 is 0.944 bits per heavy atom. The molecule has 0 bridgehead atoms. The van der Waals surface area contributed by atoms with Gasteiger partial charge in [0.15, 0.2) is 5.60 Å². The van der Waals surface area contributed by atoms with E-state index >= 15 is 0 Å². The number of methoxy groups -OCH3 is 1. The van der Waals surface area contributed by atoms with Gasteiger partial charge in [-0.15, -0.1) is 11.3 Å². The summed E-state index contributed by atoms with van der Waals surface area (Å²) in [6.45, 7) is 8.46. The van der Waals surface area contributed by atoms with Crippen LogP contribution in [0.4, 0.5) is 0 Å². The average Bonchev–Trinajstić information content (AvgIpc) is 3.27. The maximum atomic E-state index is 10.3. The van der Waals surface area contributed by atoms with Crippen LogP contribution in [-0.4, -0.2) is 88.0 Å². The number of aliphatic hydroxyl groups is 1. The zero-order valence-electron chi connectivity index (χ0n) is 21.4. The predicted molar refractivity (Wildman–Crippen MR) is 137 cm³/mol. The SMILES string of the molecule is COc1ccc(CN(CCN(C)C)Cc2cccs2)c(C)c1C.O=C(O)CC(O)(CC(=O)O)C(=O)O. The summed E-state index contributed by atoms with van der Waals surface area (Å²) in [6.07, 6.45) is -2.29. The van der Waals surface area contributed by atoms with Crippen molar-refractivity contribution >= 4 is 29.2 Å². The molecule has 0 atom stereocenters. The Labute approximate surface area is 215 Å². The summed E-state index contributed by atoms with van der Waals surface area (Å²) >= 11 is 1.83. The van der Waals surface area contributed by atoms with Gasteiger partial charge in [-0.25, -0.2) is 4.79 Å². The molecule has 36 heavy (non-hydrogen) atoms. The summed E-state index contributed by atoms with van der Waals surface area (Å²) in [7, 11) is 6.00. The number of hydrogen-bond donors (Lipinski definition) is 4. The van der Waals surface area contributed by atoms with E-state index in [2.05, 4.69) is 67.4 Å². The maximum absolute atomic E-state index is 10.3. The first kappa shape index (κ1) is 31.0. The molecule has 2 rings (SSSR count). The number of hydrogen-bond acceptors (Lipinski definition) is 8. The van der Waals surface area contributed by atoms with Gasteiger partial charge >= 0.3 is 17.9 Å². The van der Waals surface area contributed by atoms with Crippen molar-refractivity contribution in [3.8, 4) is 5.75 Å². The summed E-state index contributed by atoms with van der Waals surface area (Å²) in [4.78, 5) is 36.7. The summed E-state index contributed by atoms with van der Waals surface area (Å²) < 4.78 is 5.43. The molecule has 0 radical (unpaired) electrons. The molecule has 10 nitrogen and oxygen atoms in total. The van der Waals surface area contributed by atoms with E-state index in [9.17, 15) is 14.4 Å². The number of carboxylic acids is 3. The largest absolute Gasteiger partial charge is 0.496 e. The molecule has 0 aliphatic heterocycles. The summed E-state index contributed by atoms with van der Waals surface area (Å²) in [5.41, 5.74) is 1.23. The fourth-order valence-electron chi connectivity index (χ4n) is 3.38. The van der Waals surface area contributed by atoms with E-state index in [-0.39, 0.29) is 0 Å². The van der Waals surface area contributed by atoms with Crippen LogP contribution in [0.3, 0.4) is 0 Å². The van der Waals surface area contributed by atoms with Crippen molar-refractivity contribution in [2.75, 3.05) is 34.3 Å². The number of rotatable bonds is 13. The highest BCUT2D eigenvalue weighted by molar-refractivity contribution is 7.09. The number of carboxylic acid groups (broad SMARTS) is 3. The van der Waals surface area contributed by atoms with Gasteiger partial charge in [-0.2, -0.15) is 0 Å². The van der Waals surface area contributed by atoms with Crippen LogP contribution in [0.1, 0.15) is 34.4 Å². The van der Waals surface area contributed by atoms with Crippen molar-refractivity contribution in [3.05, 3.63) is 51.2 Å². The lowest BCUT2D eigenvalue weighted by atomic mass is 9.96. The lowest BCUT2D eigenvalue weighted by molar-refractivity contribution is -0.170. The molecule has 11 heteroatoms. The Morgan fingerprint density at radius 2 is 1.56 bits per heavy atom. The number of thiophene rings is 1. The first-order chi connectivity index (χ1) is 16.8. The zero-order chi connectivity index (χ0) is 27.5. The Bertz CT molecular complexity index is 992. The van der Waals surface area contributed by atoms with Crippen LogP contribution >= 0.6 is 11.3 Å². The third kappa shape index (κ3) is 10.3. The van der Waals surface area contributed by atoms with Crippen LogP contribution in [0.5, 0.6) is 5.75 Å². The van der Waals surface area contributed by atoms with Crippen LogP contribution in [-0.2, 0) is 27.5 Å². The monoisotopic (exact) mass is 524 g/mol. The maximum Gasteiger partial charge on any atom is 0.336 e. The number of nitrogens with zero attached hydrogens (tertiary/aromatic N) is 2. The second kappa shape index (κ2) is 14.5. The Hall–Kier alpha value is -2.99. The molecule has 0 fully saturated rings. The molecular formula is C25H36N2O8S. The third-order valence-electron chi connectivity index (χ3n) is 5.57. The number of benzene rings is 1. The van der Waals surface area contributed by atoms with Gasteiger partial charge < -0.3 is 30.1 Å². The summed E-state index contributed by atoms with van der Waals surface area (Å²) in [5, 5.41) is 36.0. The van der Waals surface area contributed by atoms with Crippen molar-refractivity contribution in [2.45, 2.75) is 45.4 Å². The topological polar surface area (TPSA) is 148 Å². The molecular weight excluding hydrogens is 488 g/mol. The molecule has 0 saturated carbocycles. The average molecular weight is 525 g/mol. The molecule has 4 N–H and O–H groups in total. The fourth-order valence-corrected chi connectivity index (χ4v) is 4.12. The van der Waals surface area contributed by atoms with E-state index in [0.717, 1.165) is 31.9 Å². The van der Waals surface area contributed by atoms with Crippen molar-refractivity contribution in [3.63, 3.8) is 0 Å². The highest BCUT2D eigenvalue weighted by Crippen LogP contribution is 2.25. The van der Waals surface area contributed by atoms with Gasteiger partial charge in [-0.1, -0.05) is 12.1 Å². The van der Waals surface area contributed by atoms with E-state index in [1.807, 2.05) is 11.3 Å².